The van der Waals surface area contributed by atoms with Crippen LogP contribution < -0.4 is 16.1 Å². The fourth-order valence-electron chi connectivity index (χ4n) is 4.88. The molecular formula is C27H29N5O4. The van der Waals surface area contributed by atoms with E-state index in [0.717, 1.165) is 33.5 Å². The number of anilines is 2. The third-order valence-corrected chi connectivity index (χ3v) is 6.49. The first-order valence-corrected chi connectivity index (χ1v) is 12.0. The van der Waals surface area contributed by atoms with E-state index >= 15 is 0 Å². The maximum absolute atomic E-state index is 13.6. The molecule has 4 aromatic rings. The molecule has 186 valence electrons. The summed E-state index contributed by atoms with van der Waals surface area (Å²) in [6, 6.07) is 15.5. The van der Waals surface area contributed by atoms with Gasteiger partial charge in [0.2, 0.25) is 5.95 Å². The molecule has 1 atom stereocenters. The number of fused-ring (bicyclic) bond motifs is 3. The van der Waals surface area contributed by atoms with Gasteiger partial charge in [-0.25, -0.2) is 9.36 Å². The second-order valence-corrected chi connectivity index (χ2v) is 9.64. The van der Waals surface area contributed by atoms with E-state index in [1.165, 1.54) is 4.57 Å². The summed E-state index contributed by atoms with van der Waals surface area (Å²) >= 11 is 0. The number of esters is 1. The van der Waals surface area contributed by atoms with Gasteiger partial charge in [0.25, 0.3) is 5.56 Å². The van der Waals surface area contributed by atoms with Crippen LogP contribution in [0.3, 0.4) is 0 Å². The van der Waals surface area contributed by atoms with Crippen LogP contribution in [0.25, 0.3) is 11.2 Å². The Morgan fingerprint density at radius 3 is 2.44 bits per heavy atom. The van der Waals surface area contributed by atoms with Crippen molar-refractivity contribution in [2.24, 2.45) is 13.0 Å². The molecule has 0 radical (unpaired) electrons. The van der Waals surface area contributed by atoms with Crippen molar-refractivity contribution in [3.8, 4) is 0 Å². The zero-order valence-corrected chi connectivity index (χ0v) is 20.9. The predicted molar refractivity (Wildman–Crippen MR) is 138 cm³/mol. The first-order chi connectivity index (χ1) is 17.2. The Labute approximate surface area is 208 Å². The van der Waals surface area contributed by atoms with Crippen LogP contribution in [0.5, 0.6) is 0 Å². The smallest absolute Gasteiger partial charge is 0.333 e. The lowest BCUT2D eigenvalue weighted by Gasteiger charge is -2.33. The van der Waals surface area contributed by atoms with Crippen LogP contribution >= 0.6 is 0 Å². The lowest BCUT2D eigenvalue weighted by atomic mass is 10.1. The average molecular weight is 488 g/mol. The largest absolute Gasteiger partial charge is 0.459 e. The van der Waals surface area contributed by atoms with Crippen LogP contribution in [0.4, 0.5) is 11.6 Å². The normalized spacial score (nSPS) is 15.2. The first kappa shape index (κ1) is 23.6. The molecule has 0 saturated heterocycles. The van der Waals surface area contributed by atoms with E-state index < -0.39 is 23.8 Å². The molecule has 0 aliphatic carbocycles. The average Bonchev–Trinajstić information content (AvgIpc) is 3.23. The molecule has 0 N–H and O–H groups in total. The molecule has 9 nitrogen and oxygen atoms in total. The van der Waals surface area contributed by atoms with Crippen LogP contribution in [0.15, 0.2) is 58.1 Å². The molecule has 2 aromatic carbocycles. The molecule has 0 amide bonds. The summed E-state index contributed by atoms with van der Waals surface area (Å²) in [5, 5.41) is 0. The van der Waals surface area contributed by atoms with Gasteiger partial charge >= 0.3 is 11.7 Å². The van der Waals surface area contributed by atoms with Gasteiger partial charge in [0, 0.05) is 25.8 Å². The number of aryl methyl sites for hydroxylation is 3. The molecule has 3 heterocycles. The van der Waals surface area contributed by atoms with Crippen LogP contribution in [0.1, 0.15) is 23.6 Å². The number of hydrogen-bond acceptors (Lipinski definition) is 6. The van der Waals surface area contributed by atoms with Crippen molar-refractivity contribution in [1.82, 2.24) is 18.7 Å². The molecule has 0 saturated carbocycles. The van der Waals surface area contributed by atoms with E-state index in [-0.39, 0.29) is 12.5 Å². The lowest BCUT2D eigenvalue weighted by Crippen LogP contribution is -2.42. The molecule has 1 aliphatic rings. The number of imidazole rings is 1. The monoisotopic (exact) mass is 487 g/mol. The molecular weight excluding hydrogens is 458 g/mol. The van der Waals surface area contributed by atoms with Crippen molar-refractivity contribution >= 4 is 28.8 Å². The highest BCUT2D eigenvalue weighted by Crippen LogP contribution is 2.33. The Hall–Kier alpha value is -4.14. The summed E-state index contributed by atoms with van der Waals surface area (Å²) in [5.74, 6) is 0.197. The third-order valence-electron chi connectivity index (χ3n) is 6.49. The minimum absolute atomic E-state index is 0.0709. The number of ether oxygens (including phenoxy) is 1. The number of rotatable bonds is 5. The maximum atomic E-state index is 13.6. The quantitative estimate of drug-likeness (QED) is 0.402. The van der Waals surface area contributed by atoms with Crippen molar-refractivity contribution in [2.45, 2.75) is 40.5 Å². The zero-order chi connectivity index (χ0) is 25.6. The number of hydrogen-bond donors (Lipinski definition) is 0. The van der Waals surface area contributed by atoms with Gasteiger partial charge < -0.3 is 14.2 Å². The van der Waals surface area contributed by atoms with Gasteiger partial charge in [-0.1, -0.05) is 43.3 Å². The molecule has 0 bridgehead atoms. The van der Waals surface area contributed by atoms with Gasteiger partial charge in [0.05, 0.1) is 0 Å². The second-order valence-electron chi connectivity index (χ2n) is 9.64. The Morgan fingerprint density at radius 2 is 1.75 bits per heavy atom. The van der Waals surface area contributed by atoms with Crippen molar-refractivity contribution in [3.63, 3.8) is 0 Å². The lowest BCUT2D eigenvalue weighted by molar-refractivity contribution is -0.145. The summed E-state index contributed by atoms with van der Waals surface area (Å²) < 4.78 is 9.46. The maximum Gasteiger partial charge on any atom is 0.333 e. The fourth-order valence-corrected chi connectivity index (χ4v) is 4.88. The van der Waals surface area contributed by atoms with Crippen LogP contribution in [-0.4, -0.2) is 31.2 Å². The van der Waals surface area contributed by atoms with E-state index in [1.807, 2.05) is 48.7 Å². The predicted octanol–water partition coefficient (Wildman–Crippen LogP) is 3.04. The highest BCUT2D eigenvalue weighted by molar-refractivity contribution is 5.78. The minimum atomic E-state index is -0.652. The number of aromatic nitrogens is 4. The Balaban J connectivity index is 1.56. The van der Waals surface area contributed by atoms with Gasteiger partial charge in [-0.3, -0.25) is 14.2 Å². The molecule has 0 spiro atoms. The van der Waals surface area contributed by atoms with Crippen molar-refractivity contribution < 1.29 is 9.53 Å². The molecule has 2 aromatic heterocycles. The van der Waals surface area contributed by atoms with E-state index in [9.17, 15) is 14.4 Å². The molecule has 0 fully saturated rings. The third kappa shape index (κ3) is 4.21. The number of benzene rings is 2. The van der Waals surface area contributed by atoms with Crippen LogP contribution in [0, 0.1) is 19.8 Å². The summed E-state index contributed by atoms with van der Waals surface area (Å²) in [5.41, 5.74) is 3.55. The molecule has 5 rings (SSSR count). The molecule has 9 heteroatoms. The van der Waals surface area contributed by atoms with Gasteiger partial charge in [0.15, 0.2) is 11.2 Å². The number of carbonyl (C=O) groups excluding carboxylic acids is 1. The van der Waals surface area contributed by atoms with Crippen molar-refractivity contribution in [2.75, 3.05) is 11.4 Å². The molecule has 0 unspecified atom stereocenters. The summed E-state index contributed by atoms with van der Waals surface area (Å²) in [6.07, 6.45) is 0. The van der Waals surface area contributed by atoms with E-state index in [0.29, 0.717) is 23.7 Å². The van der Waals surface area contributed by atoms with E-state index in [4.69, 9.17) is 9.72 Å². The Bertz CT molecular complexity index is 1560. The summed E-state index contributed by atoms with van der Waals surface area (Å²) in [7, 11) is 1.57. The van der Waals surface area contributed by atoms with E-state index in [2.05, 4.69) is 30.0 Å². The van der Waals surface area contributed by atoms with Crippen LogP contribution in [-0.2, 0) is 36.3 Å². The topological polar surface area (TPSA) is 91.4 Å². The van der Waals surface area contributed by atoms with Gasteiger partial charge in [0.1, 0.15) is 13.2 Å². The second kappa shape index (κ2) is 9.14. The van der Waals surface area contributed by atoms with E-state index in [1.54, 1.807) is 7.05 Å². The number of carbonyl (C=O) groups is 1. The highest BCUT2D eigenvalue weighted by Gasteiger charge is 2.30. The van der Waals surface area contributed by atoms with Gasteiger partial charge in [-0.2, -0.15) is 4.98 Å². The Kier molecular flexibility index (Phi) is 5.99. The van der Waals surface area contributed by atoms with Gasteiger partial charge in [-0.15, -0.1) is 0 Å². The first-order valence-electron chi connectivity index (χ1n) is 12.0. The van der Waals surface area contributed by atoms with Crippen LogP contribution in [0.2, 0.25) is 0 Å². The summed E-state index contributed by atoms with van der Waals surface area (Å²) in [4.78, 5) is 46.0. The fraction of sp³-hybridized carbons (Fsp3) is 0.333. The molecule has 36 heavy (non-hydrogen) atoms. The van der Waals surface area contributed by atoms with Crippen molar-refractivity contribution in [1.29, 1.82) is 0 Å². The Morgan fingerprint density at radius 1 is 1.06 bits per heavy atom. The standard InChI is InChI=1S/C27H29N5O4/c1-17-10-18(2)12-21(11-17)30-13-19(3)14-31-23-24(28-26(30)31)29(4)27(35)32(25(23)34)15-22(33)36-16-20-8-6-5-7-9-20/h5-12,19H,13-16H2,1-4H3/t19-/m1/s1. The van der Waals surface area contributed by atoms with Crippen molar-refractivity contribution in [3.05, 3.63) is 86.1 Å². The minimum Gasteiger partial charge on any atom is -0.459 e. The number of nitrogens with zero attached hydrogens (tertiary/aromatic N) is 5. The van der Waals surface area contributed by atoms with Gasteiger partial charge in [-0.05, 0) is 48.6 Å². The SMILES string of the molecule is Cc1cc(C)cc(N2C[C@@H](C)Cn3c2nc2c3c(=O)n(CC(=O)OCc3ccccc3)c(=O)n2C)c1. The molecule has 1 aliphatic heterocycles. The summed E-state index contributed by atoms with van der Waals surface area (Å²) in [6.45, 7) is 7.13. The highest BCUT2D eigenvalue weighted by atomic mass is 16.5. The zero-order valence-electron chi connectivity index (χ0n) is 20.9.